The van der Waals surface area contributed by atoms with Crippen molar-refractivity contribution < 1.29 is 19.0 Å². The van der Waals surface area contributed by atoms with Crippen LogP contribution in [0.4, 0.5) is 0 Å². The van der Waals surface area contributed by atoms with E-state index < -0.39 is 0 Å². The van der Waals surface area contributed by atoms with Crippen LogP contribution in [0, 0.1) is 0 Å². The van der Waals surface area contributed by atoms with Gasteiger partial charge in [-0.15, -0.1) is 24.0 Å². The third-order valence-electron chi connectivity index (χ3n) is 4.44. The van der Waals surface area contributed by atoms with Crippen LogP contribution < -0.4 is 24.8 Å². The second-order valence-electron chi connectivity index (χ2n) is 7.11. The maximum atomic E-state index is 12.0. The summed E-state index contributed by atoms with van der Waals surface area (Å²) in [5.74, 6) is 2.63. The normalized spacial score (nSPS) is 11.6. The van der Waals surface area contributed by atoms with Crippen LogP contribution in [0.1, 0.15) is 12.5 Å². The molecule has 2 aromatic rings. The van der Waals surface area contributed by atoms with Crippen molar-refractivity contribution in [2.24, 2.45) is 4.99 Å². The number of rotatable bonds is 10. The van der Waals surface area contributed by atoms with Gasteiger partial charge in [-0.25, -0.2) is 4.99 Å². The van der Waals surface area contributed by atoms with Crippen molar-refractivity contribution in [3.63, 3.8) is 0 Å². The fourth-order valence-electron chi connectivity index (χ4n) is 2.61. The third-order valence-corrected chi connectivity index (χ3v) is 4.44. The summed E-state index contributed by atoms with van der Waals surface area (Å²) in [6, 6.07) is 15.2. The number of guanidine groups is 1. The van der Waals surface area contributed by atoms with Crippen LogP contribution in [0.5, 0.6) is 17.2 Å². The molecule has 0 heterocycles. The van der Waals surface area contributed by atoms with Gasteiger partial charge in [-0.2, -0.15) is 0 Å². The van der Waals surface area contributed by atoms with Crippen molar-refractivity contribution in [1.82, 2.24) is 15.5 Å². The fourth-order valence-corrected chi connectivity index (χ4v) is 2.61. The van der Waals surface area contributed by atoms with E-state index in [0.717, 1.165) is 11.3 Å². The fraction of sp³-hybridized carbons (Fsp3) is 0.391. The Bertz CT molecular complexity index is 859. The number of nitrogens with zero attached hydrogens (tertiary/aromatic N) is 2. The van der Waals surface area contributed by atoms with E-state index >= 15 is 0 Å². The van der Waals surface area contributed by atoms with E-state index in [-0.39, 0.29) is 42.5 Å². The molecular formula is C23H33IN4O4. The molecule has 0 spiro atoms. The smallest absolute Gasteiger partial charge is 0.241 e. The quantitative estimate of drug-likeness (QED) is 0.266. The molecule has 2 N–H and O–H groups in total. The number of aliphatic imine (C=N–C) groups is 1. The molecule has 1 amide bonds. The maximum Gasteiger partial charge on any atom is 0.241 e. The average molecular weight is 556 g/mol. The van der Waals surface area contributed by atoms with Gasteiger partial charge in [0.25, 0.3) is 0 Å². The van der Waals surface area contributed by atoms with Crippen LogP contribution in [0.15, 0.2) is 53.5 Å². The summed E-state index contributed by atoms with van der Waals surface area (Å²) >= 11 is 0. The second kappa shape index (κ2) is 14.4. The molecule has 0 radical (unpaired) electrons. The van der Waals surface area contributed by atoms with E-state index in [0.29, 0.717) is 30.5 Å². The van der Waals surface area contributed by atoms with Crippen LogP contribution >= 0.6 is 24.0 Å². The Labute approximate surface area is 207 Å². The van der Waals surface area contributed by atoms with Crippen molar-refractivity contribution in [2.45, 2.75) is 19.6 Å². The average Bonchev–Trinajstić information content (AvgIpc) is 2.78. The molecule has 2 aromatic carbocycles. The molecule has 0 saturated carbocycles. The van der Waals surface area contributed by atoms with E-state index in [1.807, 2.05) is 55.5 Å². The molecule has 9 heteroatoms. The molecule has 2 rings (SSSR count). The van der Waals surface area contributed by atoms with Crippen molar-refractivity contribution in [3.05, 3.63) is 54.1 Å². The van der Waals surface area contributed by atoms with Crippen LogP contribution in [-0.4, -0.2) is 64.3 Å². The molecule has 0 saturated heterocycles. The minimum absolute atomic E-state index is 0. The van der Waals surface area contributed by atoms with E-state index in [2.05, 4.69) is 15.6 Å². The zero-order valence-corrected chi connectivity index (χ0v) is 21.6. The van der Waals surface area contributed by atoms with E-state index in [1.165, 1.54) is 4.90 Å². The topological polar surface area (TPSA) is 84.4 Å². The van der Waals surface area contributed by atoms with Crippen LogP contribution in [-0.2, 0) is 11.3 Å². The lowest BCUT2D eigenvalue weighted by molar-refractivity contribution is -0.127. The standard InChI is InChI=1S/C23H32N4O4.HI/c1-17(31-21-9-7-6-8-20(21)30-5)14-24-23(26-16-22(28)27(2)3)25-15-18-10-12-19(29-4)13-11-18;/h6-13,17H,14-16H2,1-5H3,(H2,24,25,26);1H. The Morgan fingerprint density at radius 3 is 2.25 bits per heavy atom. The van der Waals surface area contributed by atoms with Gasteiger partial charge in [0.15, 0.2) is 17.5 Å². The monoisotopic (exact) mass is 556 g/mol. The molecule has 0 bridgehead atoms. The Balaban J connectivity index is 0.00000512. The predicted molar refractivity (Wildman–Crippen MR) is 137 cm³/mol. The summed E-state index contributed by atoms with van der Waals surface area (Å²) in [6.45, 7) is 3.04. The number of hydrogen-bond acceptors (Lipinski definition) is 5. The molecular weight excluding hydrogens is 523 g/mol. The molecule has 0 aliphatic heterocycles. The number of methoxy groups -OCH3 is 2. The van der Waals surface area contributed by atoms with Crippen molar-refractivity contribution in [3.8, 4) is 17.2 Å². The van der Waals surface area contributed by atoms with Gasteiger partial charge >= 0.3 is 0 Å². The molecule has 1 atom stereocenters. The number of benzene rings is 2. The minimum Gasteiger partial charge on any atom is -0.497 e. The molecule has 1 unspecified atom stereocenters. The van der Waals surface area contributed by atoms with Crippen molar-refractivity contribution in [2.75, 3.05) is 41.4 Å². The van der Waals surface area contributed by atoms with Gasteiger partial charge in [0.05, 0.1) is 33.9 Å². The summed E-state index contributed by atoms with van der Waals surface area (Å²) in [5.41, 5.74) is 1.03. The van der Waals surface area contributed by atoms with Gasteiger partial charge in [-0.05, 0) is 36.8 Å². The Kier molecular flexibility index (Phi) is 12.3. The van der Waals surface area contributed by atoms with Gasteiger partial charge in [0.2, 0.25) is 5.91 Å². The Hall–Kier alpha value is -2.69. The number of nitrogens with one attached hydrogen (secondary N) is 2. The third kappa shape index (κ3) is 9.21. The lowest BCUT2D eigenvalue weighted by Gasteiger charge is -2.19. The highest BCUT2D eigenvalue weighted by molar-refractivity contribution is 14.0. The Morgan fingerprint density at radius 2 is 1.66 bits per heavy atom. The summed E-state index contributed by atoms with van der Waals surface area (Å²) in [5, 5.41) is 6.32. The van der Waals surface area contributed by atoms with E-state index in [9.17, 15) is 4.79 Å². The SMILES string of the molecule is COc1ccc(CN=C(NCC(=O)N(C)C)NCC(C)Oc2ccccc2OC)cc1.I. The Morgan fingerprint density at radius 1 is 1.00 bits per heavy atom. The number of para-hydroxylation sites is 2. The first-order chi connectivity index (χ1) is 14.9. The number of carbonyl (C=O) groups excluding carboxylic acids is 1. The molecule has 0 aromatic heterocycles. The van der Waals surface area contributed by atoms with Gasteiger partial charge in [-0.1, -0.05) is 24.3 Å². The van der Waals surface area contributed by atoms with Crippen molar-refractivity contribution in [1.29, 1.82) is 0 Å². The first kappa shape index (κ1) is 27.3. The molecule has 32 heavy (non-hydrogen) atoms. The van der Waals surface area contributed by atoms with Gasteiger partial charge in [-0.3, -0.25) is 4.79 Å². The minimum atomic E-state index is -0.158. The van der Waals surface area contributed by atoms with E-state index in [4.69, 9.17) is 14.2 Å². The van der Waals surface area contributed by atoms with Gasteiger partial charge < -0.3 is 29.7 Å². The summed E-state index contributed by atoms with van der Waals surface area (Å²) in [7, 11) is 6.68. The number of ether oxygens (including phenoxy) is 3. The molecule has 0 fully saturated rings. The largest absolute Gasteiger partial charge is 0.497 e. The number of hydrogen-bond donors (Lipinski definition) is 2. The first-order valence-electron chi connectivity index (χ1n) is 10.1. The van der Waals surface area contributed by atoms with E-state index in [1.54, 1.807) is 28.3 Å². The molecule has 176 valence electrons. The number of carbonyl (C=O) groups is 1. The number of halogens is 1. The zero-order valence-electron chi connectivity index (χ0n) is 19.3. The number of likely N-dealkylation sites (N-methyl/N-ethyl adjacent to an activating group) is 1. The zero-order chi connectivity index (χ0) is 22.6. The highest BCUT2D eigenvalue weighted by atomic mass is 127. The van der Waals surface area contributed by atoms with Crippen molar-refractivity contribution >= 4 is 35.8 Å². The van der Waals surface area contributed by atoms with Crippen LogP contribution in [0.2, 0.25) is 0 Å². The van der Waals surface area contributed by atoms with Crippen LogP contribution in [0.3, 0.4) is 0 Å². The molecule has 8 nitrogen and oxygen atoms in total. The van der Waals surface area contributed by atoms with Gasteiger partial charge in [0.1, 0.15) is 11.9 Å². The maximum absolute atomic E-state index is 12.0. The number of amides is 1. The first-order valence-corrected chi connectivity index (χ1v) is 10.1. The highest BCUT2D eigenvalue weighted by Crippen LogP contribution is 2.26. The summed E-state index contributed by atoms with van der Waals surface area (Å²) in [6.07, 6.45) is -0.158. The molecule has 0 aliphatic rings. The lowest BCUT2D eigenvalue weighted by Crippen LogP contribution is -2.45. The summed E-state index contributed by atoms with van der Waals surface area (Å²) < 4.78 is 16.5. The van der Waals surface area contributed by atoms with Crippen LogP contribution in [0.25, 0.3) is 0 Å². The molecule has 0 aliphatic carbocycles. The highest BCUT2D eigenvalue weighted by Gasteiger charge is 2.11. The predicted octanol–water partition coefficient (Wildman–Crippen LogP) is 2.91. The second-order valence-corrected chi connectivity index (χ2v) is 7.11. The summed E-state index contributed by atoms with van der Waals surface area (Å²) in [4.78, 5) is 18.1. The van der Waals surface area contributed by atoms with Gasteiger partial charge in [0, 0.05) is 14.1 Å². The lowest BCUT2D eigenvalue weighted by atomic mass is 10.2.